The third-order valence-corrected chi connectivity index (χ3v) is 4.08. The molecular formula is C13H24N2O2. The lowest BCUT2D eigenvalue weighted by Crippen LogP contribution is -2.46. The molecule has 2 aliphatic rings. The Hall–Kier alpha value is -0.610. The Labute approximate surface area is 103 Å². The fourth-order valence-electron chi connectivity index (χ4n) is 3.06. The van der Waals surface area contributed by atoms with Gasteiger partial charge in [-0.25, -0.2) is 0 Å². The van der Waals surface area contributed by atoms with Crippen LogP contribution < -0.4 is 10.6 Å². The monoisotopic (exact) mass is 240 g/mol. The maximum Gasteiger partial charge on any atom is 0.221 e. The van der Waals surface area contributed by atoms with Gasteiger partial charge in [0.05, 0.1) is 0 Å². The first kappa shape index (κ1) is 12.8. The first-order chi connectivity index (χ1) is 8.29. The number of nitrogens with one attached hydrogen (secondary N) is 2. The molecule has 1 heterocycles. The number of carbonyl (C=O) groups excluding carboxylic acids is 1. The summed E-state index contributed by atoms with van der Waals surface area (Å²) in [6.45, 7) is 1.09. The van der Waals surface area contributed by atoms with E-state index in [9.17, 15) is 9.90 Å². The van der Waals surface area contributed by atoms with Crippen LogP contribution >= 0.6 is 0 Å². The molecule has 0 aromatic heterocycles. The standard InChI is InChI=1S/C13H24N2O2/c16-9-10-4-1-2-6-12(10)15-11-5-3-7-14-13(17)8-11/h10-12,15-16H,1-9H2,(H,14,17). The van der Waals surface area contributed by atoms with Crippen molar-refractivity contribution in [1.29, 1.82) is 0 Å². The van der Waals surface area contributed by atoms with Crippen LogP contribution in [0.4, 0.5) is 0 Å². The van der Waals surface area contributed by atoms with Crippen molar-refractivity contribution in [1.82, 2.24) is 10.6 Å². The highest BCUT2D eigenvalue weighted by Gasteiger charge is 2.27. The molecule has 1 aliphatic heterocycles. The van der Waals surface area contributed by atoms with Crippen LogP contribution in [0.5, 0.6) is 0 Å². The lowest BCUT2D eigenvalue weighted by molar-refractivity contribution is -0.121. The Morgan fingerprint density at radius 3 is 2.88 bits per heavy atom. The lowest BCUT2D eigenvalue weighted by Gasteiger charge is -2.33. The van der Waals surface area contributed by atoms with Gasteiger partial charge in [0.2, 0.25) is 5.91 Å². The van der Waals surface area contributed by atoms with E-state index in [0.29, 0.717) is 24.4 Å². The largest absolute Gasteiger partial charge is 0.396 e. The number of amides is 1. The summed E-state index contributed by atoms with van der Waals surface area (Å²) < 4.78 is 0. The van der Waals surface area contributed by atoms with E-state index < -0.39 is 0 Å². The summed E-state index contributed by atoms with van der Waals surface area (Å²) in [7, 11) is 0. The van der Waals surface area contributed by atoms with E-state index in [4.69, 9.17) is 0 Å². The summed E-state index contributed by atoms with van der Waals surface area (Å²) in [6, 6.07) is 0.708. The first-order valence-electron chi connectivity index (χ1n) is 6.93. The molecule has 1 saturated carbocycles. The zero-order valence-electron chi connectivity index (χ0n) is 10.5. The molecule has 1 aliphatic carbocycles. The van der Waals surface area contributed by atoms with E-state index in [1.54, 1.807) is 0 Å². The Morgan fingerprint density at radius 2 is 2.06 bits per heavy atom. The minimum Gasteiger partial charge on any atom is -0.396 e. The second-order valence-corrected chi connectivity index (χ2v) is 5.39. The molecule has 3 atom stereocenters. The maximum absolute atomic E-state index is 11.5. The summed E-state index contributed by atoms with van der Waals surface area (Å²) in [5, 5.41) is 15.9. The molecular weight excluding hydrogens is 216 g/mol. The van der Waals surface area contributed by atoms with Gasteiger partial charge in [-0.15, -0.1) is 0 Å². The van der Waals surface area contributed by atoms with Gasteiger partial charge in [0, 0.05) is 31.7 Å². The first-order valence-corrected chi connectivity index (χ1v) is 6.93. The predicted octanol–water partition coefficient (Wildman–Crippen LogP) is 0.796. The number of hydrogen-bond donors (Lipinski definition) is 3. The van der Waals surface area contributed by atoms with Crippen molar-refractivity contribution in [3.63, 3.8) is 0 Å². The van der Waals surface area contributed by atoms with E-state index in [0.717, 1.165) is 32.2 Å². The van der Waals surface area contributed by atoms with Crippen molar-refractivity contribution < 1.29 is 9.90 Å². The number of hydrogen-bond acceptors (Lipinski definition) is 3. The summed E-state index contributed by atoms with van der Waals surface area (Å²) in [5.41, 5.74) is 0. The van der Waals surface area contributed by atoms with Gasteiger partial charge in [-0.1, -0.05) is 12.8 Å². The summed E-state index contributed by atoms with van der Waals surface area (Å²) in [5.74, 6) is 0.548. The van der Waals surface area contributed by atoms with Crippen molar-refractivity contribution in [2.45, 2.75) is 57.0 Å². The minimum absolute atomic E-state index is 0.163. The average molecular weight is 240 g/mol. The van der Waals surface area contributed by atoms with E-state index in [2.05, 4.69) is 10.6 Å². The molecule has 3 unspecified atom stereocenters. The third-order valence-electron chi connectivity index (χ3n) is 4.08. The predicted molar refractivity (Wildman–Crippen MR) is 66.6 cm³/mol. The van der Waals surface area contributed by atoms with Gasteiger partial charge in [-0.05, 0) is 31.6 Å². The molecule has 98 valence electrons. The number of aliphatic hydroxyl groups is 1. The van der Waals surface area contributed by atoms with Gasteiger partial charge in [0.1, 0.15) is 0 Å². The third kappa shape index (κ3) is 3.68. The van der Waals surface area contributed by atoms with Gasteiger partial charge in [-0.3, -0.25) is 4.79 Å². The van der Waals surface area contributed by atoms with E-state index in [1.165, 1.54) is 12.8 Å². The fraction of sp³-hybridized carbons (Fsp3) is 0.923. The number of rotatable bonds is 3. The molecule has 0 bridgehead atoms. The van der Waals surface area contributed by atoms with Crippen LogP contribution in [0.1, 0.15) is 44.9 Å². The molecule has 0 radical (unpaired) electrons. The summed E-state index contributed by atoms with van der Waals surface area (Å²) >= 11 is 0. The molecule has 0 aromatic rings. The van der Waals surface area contributed by atoms with Crippen molar-refractivity contribution in [2.75, 3.05) is 13.2 Å². The molecule has 0 spiro atoms. The second kappa shape index (κ2) is 6.36. The minimum atomic E-state index is 0.163. The highest BCUT2D eigenvalue weighted by molar-refractivity contribution is 5.76. The molecule has 1 saturated heterocycles. The lowest BCUT2D eigenvalue weighted by atomic mass is 9.84. The van der Waals surface area contributed by atoms with Crippen molar-refractivity contribution in [3.05, 3.63) is 0 Å². The fourth-order valence-corrected chi connectivity index (χ4v) is 3.06. The van der Waals surface area contributed by atoms with Gasteiger partial charge >= 0.3 is 0 Å². The van der Waals surface area contributed by atoms with Crippen LogP contribution in [0, 0.1) is 5.92 Å². The van der Waals surface area contributed by atoms with Gasteiger partial charge in [-0.2, -0.15) is 0 Å². The van der Waals surface area contributed by atoms with Crippen LogP contribution in [-0.2, 0) is 4.79 Å². The van der Waals surface area contributed by atoms with Crippen LogP contribution in [-0.4, -0.2) is 36.2 Å². The smallest absolute Gasteiger partial charge is 0.221 e. The molecule has 4 nitrogen and oxygen atoms in total. The molecule has 0 aromatic carbocycles. The summed E-state index contributed by atoms with van der Waals surface area (Å²) in [6.07, 6.45) is 7.44. The van der Waals surface area contributed by atoms with Crippen molar-refractivity contribution in [2.24, 2.45) is 5.92 Å². The molecule has 3 N–H and O–H groups in total. The van der Waals surface area contributed by atoms with Gasteiger partial charge in [0.25, 0.3) is 0 Å². The van der Waals surface area contributed by atoms with Crippen LogP contribution in [0.15, 0.2) is 0 Å². The molecule has 2 fully saturated rings. The van der Waals surface area contributed by atoms with E-state index >= 15 is 0 Å². The topological polar surface area (TPSA) is 61.4 Å². The normalized spacial score (nSPS) is 35.1. The quantitative estimate of drug-likeness (QED) is 0.683. The average Bonchev–Trinajstić information content (AvgIpc) is 2.54. The van der Waals surface area contributed by atoms with Crippen LogP contribution in [0.3, 0.4) is 0 Å². The van der Waals surface area contributed by atoms with Crippen molar-refractivity contribution >= 4 is 5.91 Å². The Bertz CT molecular complexity index is 258. The summed E-state index contributed by atoms with van der Waals surface area (Å²) in [4.78, 5) is 11.5. The Kier molecular flexibility index (Phi) is 4.80. The molecule has 4 heteroatoms. The molecule has 2 rings (SSSR count). The maximum atomic E-state index is 11.5. The van der Waals surface area contributed by atoms with Crippen LogP contribution in [0.2, 0.25) is 0 Å². The van der Waals surface area contributed by atoms with Crippen LogP contribution in [0.25, 0.3) is 0 Å². The second-order valence-electron chi connectivity index (χ2n) is 5.39. The Morgan fingerprint density at radius 1 is 1.24 bits per heavy atom. The van der Waals surface area contributed by atoms with E-state index in [1.807, 2.05) is 0 Å². The zero-order valence-corrected chi connectivity index (χ0v) is 10.5. The SMILES string of the molecule is O=C1CC(NC2CCCCC2CO)CCCN1. The highest BCUT2D eigenvalue weighted by Crippen LogP contribution is 2.25. The molecule has 1 amide bonds. The number of aliphatic hydroxyl groups excluding tert-OH is 1. The highest BCUT2D eigenvalue weighted by atomic mass is 16.3. The Balaban J connectivity index is 1.87. The van der Waals surface area contributed by atoms with Crippen molar-refractivity contribution in [3.8, 4) is 0 Å². The number of carbonyl (C=O) groups is 1. The van der Waals surface area contributed by atoms with Gasteiger partial charge < -0.3 is 15.7 Å². The molecule has 17 heavy (non-hydrogen) atoms. The van der Waals surface area contributed by atoms with Gasteiger partial charge in [0.15, 0.2) is 0 Å². The zero-order chi connectivity index (χ0) is 12.1. The van der Waals surface area contributed by atoms with E-state index in [-0.39, 0.29) is 12.5 Å².